The first-order valence-electron chi connectivity index (χ1n) is 3.88. The Morgan fingerprint density at radius 2 is 1.69 bits per heavy atom. The Morgan fingerprint density at radius 1 is 1.15 bits per heavy atom. The Bertz CT molecular complexity index is 422. The molecule has 1 aromatic rings. The highest BCUT2D eigenvalue weighted by molar-refractivity contribution is 5.27. The van der Waals surface area contributed by atoms with Crippen LogP contribution in [-0.2, 0) is 5.41 Å². The smallest absolute Gasteiger partial charge is 0.328 e. The standard InChI is InChI=1S/C8H12N2O3/c1-8(2,3)4-5(11)9-7(13)10-6(4)12/h1-3H3,(H3,9,10,11,12,13). The van der Waals surface area contributed by atoms with E-state index in [9.17, 15) is 14.7 Å². The van der Waals surface area contributed by atoms with Gasteiger partial charge >= 0.3 is 5.69 Å². The van der Waals surface area contributed by atoms with E-state index in [0.29, 0.717) is 0 Å². The molecule has 0 atom stereocenters. The summed E-state index contributed by atoms with van der Waals surface area (Å²) in [6.45, 7) is 5.32. The van der Waals surface area contributed by atoms with Crippen molar-refractivity contribution < 1.29 is 5.11 Å². The van der Waals surface area contributed by atoms with Gasteiger partial charge in [0.15, 0.2) is 0 Å². The molecule has 1 rings (SSSR count). The van der Waals surface area contributed by atoms with Crippen molar-refractivity contribution in [3.8, 4) is 5.88 Å². The van der Waals surface area contributed by atoms with Crippen LogP contribution in [0, 0.1) is 0 Å². The van der Waals surface area contributed by atoms with E-state index >= 15 is 0 Å². The number of aromatic hydroxyl groups is 1. The lowest BCUT2D eigenvalue weighted by atomic mass is 9.88. The summed E-state index contributed by atoms with van der Waals surface area (Å²) in [6.07, 6.45) is 0. The summed E-state index contributed by atoms with van der Waals surface area (Å²) in [7, 11) is 0. The minimum atomic E-state index is -0.699. The van der Waals surface area contributed by atoms with Gasteiger partial charge in [0.05, 0.1) is 5.56 Å². The van der Waals surface area contributed by atoms with Crippen molar-refractivity contribution in [1.29, 1.82) is 0 Å². The topological polar surface area (TPSA) is 85.9 Å². The van der Waals surface area contributed by atoms with Crippen molar-refractivity contribution in [3.05, 3.63) is 26.4 Å². The molecule has 0 saturated heterocycles. The van der Waals surface area contributed by atoms with Gasteiger partial charge in [0.2, 0.25) is 5.88 Å². The van der Waals surface area contributed by atoms with Crippen molar-refractivity contribution in [3.63, 3.8) is 0 Å². The number of nitrogens with one attached hydrogen (secondary N) is 2. The SMILES string of the molecule is CC(C)(C)c1c(O)[nH]c(=O)[nH]c1=O. The molecule has 0 bridgehead atoms. The molecule has 1 aromatic heterocycles. The third-order valence-corrected chi connectivity index (χ3v) is 1.67. The third kappa shape index (κ3) is 1.80. The van der Waals surface area contributed by atoms with Crippen molar-refractivity contribution >= 4 is 0 Å². The minimum Gasteiger partial charge on any atom is -0.494 e. The number of rotatable bonds is 0. The van der Waals surface area contributed by atoms with E-state index in [0.717, 1.165) is 0 Å². The van der Waals surface area contributed by atoms with Crippen LogP contribution in [0.4, 0.5) is 0 Å². The second kappa shape index (κ2) is 2.76. The van der Waals surface area contributed by atoms with Gasteiger partial charge in [-0.1, -0.05) is 20.8 Å². The molecule has 13 heavy (non-hydrogen) atoms. The maximum atomic E-state index is 11.3. The molecule has 0 saturated carbocycles. The highest BCUT2D eigenvalue weighted by Gasteiger charge is 2.22. The lowest BCUT2D eigenvalue weighted by Crippen LogP contribution is -2.31. The summed E-state index contributed by atoms with van der Waals surface area (Å²) < 4.78 is 0. The molecule has 0 radical (unpaired) electrons. The van der Waals surface area contributed by atoms with Crippen molar-refractivity contribution in [2.75, 3.05) is 0 Å². The fraction of sp³-hybridized carbons (Fsp3) is 0.500. The number of aromatic nitrogens is 2. The van der Waals surface area contributed by atoms with Crippen LogP contribution in [0.5, 0.6) is 5.88 Å². The summed E-state index contributed by atoms with van der Waals surface area (Å²) in [5.41, 5.74) is -1.56. The zero-order valence-electron chi connectivity index (χ0n) is 7.76. The van der Waals surface area contributed by atoms with Crippen LogP contribution in [-0.4, -0.2) is 15.1 Å². The first-order chi connectivity index (χ1) is 5.82. The number of hydrogen-bond donors (Lipinski definition) is 3. The largest absolute Gasteiger partial charge is 0.494 e. The van der Waals surface area contributed by atoms with E-state index in [2.05, 4.69) is 9.97 Å². The van der Waals surface area contributed by atoms with E-state index < -0.39 is 16.7 Å². The van der Waals surface area contributed by atoms with Crippen LogP contribution < -0.4 is 11.2 Å². The van der Waals surface area contributed by atoms with Gasteiger partial charge in [0.1, 0.15) is 0 Å². The van der Waals surface area contributed by atoms with Crippen molar-refractivity contribution in [1.82, 2.24) is 9.97 Å². The third-order valence-electron chi connectivity index (χ3n) is 1.67. The lowest BCUT2D eigenvalue weighted by molar-refractivity contribution is 0.419. The molecule has 5 heteroatoms. The number of hydrogen-bond acceptors (Lipinski definition) is 3. The highest BCUT2D eigenvalue weighted by atomic mass is 16.3. The zero-order valence-corrected chi connectivity index (χ0v) is 7.76. The van der Waals surface area contributed by atoms with Crippen LogP contribution in [0.15, 0.2) is 9.59 Å². The molecule has 0 amide bonds. The molecule has 0 aliphatic heterocycles. The van der Waals surface area contributed by atoms with Crippen LogP contribution in [0.1, 0.15) is 26.3 Å². The fourth-order valence-corrected chi connectivity index (χ4v) is 1.17. The predicted octanol–water partition coefficient (Wildman–Crippen LogP) is 0.0663. The molecule has 0 spiro atoms. The van der Waals surface area contributed by atoms with Crippen molar-refractivity contribution in [2.45, 2.75) is 26.2 Å². The molecule has 0 aromatic carbocycles. The Kier molecular flexibility index (Phi) is 2.03. The van der Waals surface area contributed by atoms with Gasteiger partial charge in [-0.3, -0.25) is 14.8 Å². The second-order valence-electron chi connectivity index (χ2n) is 3.88. The second-order valence-corrected chi connectivity index (χ2v) is 3.88. The van der Waals surface area contributed by atoms with E-state index in [1.807, 2.05) is 0 Å². The quantitative estimate of drug-likeness (QED) is 0.533. The van der Waals surface area contributed by atoms with Crippen LogP contribution in [0.25, 0.3) is 0 Å². The van der Waals surface area contributed by atoms with E-state index in [1.54, 1.807) is 20.8 Å². The van der Waals surface area contributed by atoms with Gasteiger partial charge in [-0.25, -0.2) is 4.79 Å². The lowest BCUT2D eigenvalue weighted by Gasteiger charge is -2.17. The molecular weight excluding hydrogens is 172 g/mol. The van der Waals surface area contributed by atoms with Gasteiger partial charge < -0.3 is 5.11 Å². The van der Waals surface area contributed by atoms with Crippen molar-refractivity contribution in [2.24, 2.45) is 0 Å². The Morgan fingerprint density at radius 3 is 2.08 bits per heavy atom. The molecule has 1 heterocycles. The summed E-state index contributed by atoms with van der Waals surface area (Å²) >= 11 is 0. The van der Waals surface area contributed by atoms with E-state index in [1.165, 1.54) is 0 Å². The fourth-order valence-electron chi connectivity index (χ4n) is 1.17. The van der Waals surface area contributed by atoms with Gasteiger partial charge in [-0.2, -0.15) is 0 Å². The average Bonchev–Trinajstić information content (AvgIpc) is 1.78. The number of aromatic amines is 2. The van der Waals surface area contributed by atoms with Crippen LogP contribution in [0.3, 0.4) is 0 Å². The normalized spacial score (nSPS) is 11.6. The average molecular weight is 184 g/mol. The molecule has 0 aliphatic carbocycles. The van der Waals surface area contributed by atoms with Crippen LogP contribution in [0.2, 0.25) is 0 Å². The minimum absolute atomic E-state index is 0.187. The van der Waals surface area contributed by atoms with E-state index in [-0.39, 0.29) is 11.4 Å². The molecule has 3 N–H and O–H groups in total. The molecule has 0 unspecified atom stereocenters. The highest BCUT2D eigenvalue weighted by Crippen LogP contribution is 2.23. The first-order valence-corrected chi connectivity index (χ1v) is 3.88. The van der Waals surface area contributed by atoms with E-state index in [4.69, 9.17) is 0 Å². The Balaban J connectivity index is 3.57. The maximum absolute atomic E-state index is 11.3. The summed E-state index contributed by atoms with van der Waals surface area (Å²) in [5, 5.41) is 9.33. The molecule has 5 nitrogen and oxygen atoms in total. The molecule has 0 aliphatic rings. The predicted molar refractivity (Wildman–Crippen MR) is 48.0 cm³/mol. The van der Waals surface area contributed by atoms with Crippen LogP contribution >= 0.6 is 0 Å². The van der Waals surface area contributed by atoms with Gasteiger partial charge in [-0.05, 0) is 5.41 Å². The monoisotopic (exact) mass is 184 g/mol. The Labute approximate surface area is 74.4 Å². The summed E-state index contributed by atoms with van der Waals surface area (Å²) in [6, 6.07) is 0. The van der Waals surface area contributed by atoms with Gasteiger partial charge in [0, 0.05) is 0 Å². The molecule has 0 fully saturated rings. The summed E-state index contributed by atoms with van der Waals surface area (Å²) in [4.78, 5) is 26.2. The number of H-pyrrole nitrogens is 2. The molecule has 72 valence electrons. The summed E-state index contributed by atoms with van der Waals surface area (Å²) in [5.74, 6) is -0.360. The zero-order chi connectivity index (χ0) is 10.2. The molecular formula is C8H12N2O3. The maximum Gasteiger partial charge on any atom is 0.328 e. The Hall–Kier alpha value is -1.52. The first kappa shape index (κ1) is 9.57. The van der Waals surface area contributed by atoms with Gasteiger partial charge in [-0.15, -0.1) is 0 Å². The van der Waals surface area contributed by atoms with Gasteiger partial charge in [0.25, 0.3) is 5.56 Å².